The van der Waals surface area contributed by atoms with Crippen LogP contribution in [0.5, 0.6) is 0 Å². The third-order valence-corrected chi connectivity index (χ3v) is 10.5. The smallest absolute Gasteiger partial charge is 0.0446 e. The number of fused-ring (bicyclic) bond motifs is 10. The van der Waals surface area contributed by atoms with Crippen molar-refractivity contribution in [3.05, 3.63) is 187 Å². The van der Waals surface area contributed by atoms with E-state index in [1.54, 1.807) is 0 Å². The minimum absolute atomic E-state index is 0.544. The maximum absolute atomic E-state index is 6.01. The zero-order valence-electron chi connectivity index (χ0n) is 27.1. The van der Waals surface area contributed by atoms with Gasteiger partial charge in [0, 0.05) is 37.8 Å². The second kappa shape index (κ2) is 13.4. The summed E-state index contributed by atoms with van der Waals surface area (Å²) in [6.45, 7) is 0.544. The van der Waals surface area contributed by atoms with Crippen LogP contribution >= 0.6 is 11.3 Å². The van der Waals surface area contributed by atoms with Crippen molar-refractivity contribution in [2.24, 2.45) is 11.5 Å². The molecule has 0 saturated heterocycles. The maximum Gasteiger partial charge on any atom is 0.0446 e. The molecule has 1 heterocycles. The first-order valence-electron chi connectivity index (χ1n) is 16.7. The highest BCUT2D eigenvalue weighted by Crippen LogP contribution is 2.48. The average Bonchev–Trinajstić information content (AvgIpc) is 3.57. The number of allylic oxidation sites excluding steroid dienone is 1. The molecule has 0 amide bonds. The number of hydrogen-bond donors (Lipinski definition) is 2. The van der Waals surface area contributed by atoms with E-state index in [0.717, 1.165) is 23.2 Å². The van der Waals surface area contributed by atoms with Crippen LogP contribution in [-0.4, -0.2) is 0 Å². The Kier molecular flexibility index (Phi) is 8.37. The van der Waals surface area contributed by atoms with E-state index in [0.29, 0.717) is 6.54 Å². The fraction of sp³-hybridized carbons (Fsp3) is 0.0435. The van der Waals surface area contributed by atoms with Gasteiger partial charge in [-0.05, 0) is 79.4 Å². The zero-order valence-corrected chi connectivity index (χ0v) is 28.0. The summed E-state index contributed by atoms with van der Waals surface area (Å²) in [5.74, 6) is 0. The quantitative estimate of drug-likeness (QED) is 0.182. The number of benzene rings is 8. The molecule has 0 bridgehead atoms. The monoisotopic (exact) mass is 648 g/mol. The van der Waals surface area contributed by atoms with Crippen LogP contribution in [-0.2, 0) is 13.0 Å². The van der Waals surface area contributed by atoms with Gasteiger partial charge in [-0.1, -0.05) is 152 Å². The normalized spacial score (nSPS) is 11.7. The Morgan fingerprint density at radius 3 is 1.80 bits per heavy atom. The van der Waals surface area contributed by atoms with Crippen LogP contribution in [0, 0.1) is 0 Å². The molecule has 9 rings (SSSR count). The highest BCUT2D eigenvalue weighted by molar-refractivity contribution is 7.27. The summed E-state index contributed by atoms with van der Waals surface area (Å²) in [5, 5.41) is 10.6. The molecule has 0 fully saturated rings. The lowest BCUT2D eigenvalue weighted by atomic mass is 9.89. The van der Waals surface area contributed by atoms with Gasteiger partial charge >= 0.3 is 0 Å². The van der Waals surface area contributed by atoms with Gasteiger partial charge in [-0.25, -0.2) is 0 Å². The van der Waals surface area contributed by atoms with E-state index < -0.39 is 0 Å². The van der Waals surface area contributed by atoms with Gasteiger partial charge in [-0.3, -0.25) is 0 Å². The van der Waals surface area contributed by atoms with Crippen LogP contribution in [0.15, 0.2) is 170 Å². The molecule has 0 aliphatic carbocycles. The summed E-state index contributed by atoms with van der Waals surface area (Å²) in [5.41, 5.74) is 18.9. The third-order valence-electron chi connectivity index (χ3n) is 9.34. The van der Waals surface area contributed by atoms with Gasteiger partial charge in [-0.15, -0.1) is 11.3 Å². The highest BCUT2D eigenvalue weighted by Gasteiger charge is 2.18. The summed E-state index contributed by atoms with van der Waals surface area (Å²) in [6.07, 6.45) is 2.94. The van der Waals surface area contributed by atoms with Gasteiger partial charge in [0.25, 0.3) is 0 Å². The van der Waals surface area contributed by atoms with E-state index >= 15 is 0 Å². The van der Waals surface area contributed by atoms with E-state index in [9.17, 15) is 0 Å². The SMILES string of the molecule is N/C(=C\Cc1ccccc1)c1ccccc1.NCc1cccc(-c2cc3c4ccccc4c4ccccc4c3c3sc4ccccc4c23)c1. The fourth-order valence-corrected chi connectivity index (χ4v) is 8.24. The summed E-state index contributed by atoms with van der Waals surface area (Å²) >= 11 is 1.91. The van der Waals surface area contributed by atoms with Crippen molar-refractivity contribution in [2.75, 3.05) is 0 Å². The number of thiophene rings is 1. The summed E-state index contributed by atoms with van der Waals surface area (Å²) in [6, 6.07) is 57.9. The standard InChI is InChI=1S/C31H21NS.C15H15N/c32-18-19-8-7-9-20(16-19)26-17-27-23-12-2-1-10-21(23)22-11-3-4-13-24(22)29(27)31-30(26)25-14-5-6-15-28(25)33-31;16-15(14-9-5-2-6-10-14)12-11-13-7-3-1-4-8-13/h1-17H,18,32H2;1-10,12H,11,16H2/b;15-12-. The van der Waals surface area contributed by atoms with Crippen LogP contribution in [0.3, 0.4) is 0 Å². The topological polar surface area (TPSA) is 52.0 Å². The molecule has 49 heavy (non-hydrogen) atoms. The first-order valence-corrected chi connectivity index (χ1v) is 17.5. The zero-order chi connectivity index (χ0) is 33.2. The van der Waals surface area contributed by atoms with E-state index in [1.165, 1.54) is 69.2 Å². The van der Waals surface area contributed by atoms with Crippen LogP contribution in [0.4, 0.5) is 0 Å². The molecule has 0 saturated carbocycles. The first kappa shape index (κ1) is 30.6. The molecule has 2 nitrogen and oxygen atoms in total. The van der Waals surface area contributed by atoms with Crippen molar-refractivity contribution in [2.45, 2.75) is 13.0 Å². The molecule has 0 unspecified atom stereocenters. The van der Waals surface area contributed by atoms with Gasteiger partial charge in [0.1, 0.15) is 0 Å². The van der Waals surface area contributed by atoms with Gasteiger partial charge < -0.3 is 11.5 Å². The van der Waals surface area contributed by atoms with Crippen LogP contribution in [0.25, 0.3) is 69.3 Å². The average molecular weight is 649 g/mol. The van der Waals surface area contributed by atoms with Crippen LogP contribution in [0.1, 0.15) is 16.7 Å². The molecule has 0 atom stereocenters. The Bertz CT molecular complexity index is 2620. The number of hydrogen-bond acceptors (Lipinski definition) is 3. The lowest BCUT2D eigenvalue weighted by Crippen LogP contribution is -1.96. The molecule has 4 N–H and O–H groups in total. The van der Waals surface area contributed by atoms with E-state index in [-0.39, 0.29) is 0 Å². The lowest BCUT2D eigenvalue weighted by molar-refractivity contribution is 1.07. The first-order chi connectivity index (χ1) is 24.2. The molecule has 1 aromatic heterocycles. The lowest BCUT2D eigenvalue weighted by Gasteiger charge is -2.14. The van der Waals surface area contributed by atoms with E-state index in [1.807, 2.05) is 59.9 Å². The van der Waals surface area contributed by atoms with Crippen molar-refractivity contribution in [1.29, 1.82) is 0 Å². The second-order valence-corrected chi connectivity index (χ2v) is 13.4. The molecule has 8 aromatic carbocycles. The minimum atomic E-state index is 0.544. The minimum Gasteiger partial charge on any atom is -0.398 e. The van der Waals surface area contributed by atoms with Gasteiger partial charge in [0.05, 0.1) is 0 Å². The molecule has 0 aliphatic rings. The van der Waals surface area contributed by atoms with Crippen LogP contribution < -0.4 is 11.5 Å². The Balaban J connectivity index is 0.000000184. The molecule has 0 spiro atoms. The summed E-state index contributed by atoms with van der Waals surface area (Å²) in [7, 11) is 0. The Morgan fingerprint density at radius 2 is 1.08 bits per heavy atom. The summed E-state index contributed by atoms with van der Waals surface area (Å²) < 4.78 is 2.69. The predicted octanol–water partition coefficient (Wildman–Crippen LogP) is 11.9. The number of nitrogens with two attached hydrogens (primary N) is 2. The van der Waals surface area contributed by atoms with Crippen LogP contribution in [0.2, 0.25) is 0 Å². The Hall–Kier alpha value is -5.74. The molecule has 9 aromatic rings. The van der Waals surface area contributed by atoms with Crippen molar-refractivity contribution < 1.29 is 0 Å². The van der Waals surface area contributed by atoms with Gasteiger partial charge in [0.15, 0.2) is 0 Å². The second-order valence-electron chi connectivity index (χ2n) is 12.4. The Morgan fingerprint density at radius 1 is 0.510 bits per heavy atom. The molecule has 0 aliphatic heterocycles. The Labute approximate surface area is 290 Å². The maximum atomic E-state index is 6.01. The summed E-state index contributed by atoms with van der Waals surface area (Å²) in [4.78, 5) is 0. The number of rotatable bonds is 5. The molecular weight excluding hydrogens is 613 g/mol. The van der Waals surface area contributed by atoms with Crippen molar-refractivity contribution in [1.82, 2.24) is 0 Å². The highest BCUT2D eigenvalue weighted by atomic mass is 32.1. The van der Waals surface area contributed by atoms with Crippen molar-refractivity contribution >= 4 is 69.5 Å². The molecular formula is C46H36N2S. The van der Waals surface area contributed by atoms with Gasteiger partial charge in [0.2, 0.25) is 0 Å². The van der Waals surface area contributed by atoms with Gasteiger partial charge in [-0.2, -0.15) is 0 Å². The van der Waals surface area contributed by atoms with E-state index in [4.69, 9.17) is 11.5 Å². The molecule has 236 valence electrons. The molecule has 0 radical (unpaired) electrons. The predicted molar refractivity (Wildman–Crippen MR) is 214 cm³/mol. The van der Waals surface area contributed by atoms with Crippen molar-refractivity contribution in [3.8, 4) is 11.1 Å². The van der Waals surface area contributed by atoms with Crippen molar-refractivity contribution in [3.63, 3.8) is 0 Å². The van der Waals surface area contributed by atoms with E-state index in [2.05, 4.69) is 121 Å². The third kappa shape index (κ3) is 5.84. The fourth-order valence-electron chi connectivity index (χ4n) is 6.95. The molecule has 3 heteroatoms. The largest absolute Gasteiger partial charge is 0.398 e.